The number of para-hydroxylation sites is 1. The van der Waals surface area contributed by atoms with Crippen molar-refractivity contribution in [1.82, 2.24) is 5.32 Å². The number of esters is 2. The Morgan fingerprint density at radius 3 is 2.23 bits per heavy atom. The van der Waals surface area contributed by atoms with Crippen LogP contribution in [0.4, 0.5) is 5.69 Å². The quantitative estimate of drug-likeness (QED) is 0.439. The first-order chi connectivity index (χ1) is 17.0. The molecule has 1 amide bonds. The van der Waals surface area contributed by atoms with Crippen molar-refractivity contribution in [2.75, 3.05) is 18.5 Å². The summed E-state index contributed by atoms with van der Waals surface area (Å²) in [6.45, 7) is 0.389. The van der Waals surface area contributed by atoms with Gasteiger partial charge in [0.05, 0.1) is 11.6 Å². The van der Waals surface area contributed by atoms with Gasteiger partial charge in [-0.2, -0.15) is 0 Å². The fraction of sp³-hybridized carbons (Fsp3) is 0.250. The molecule has 7 nitrogen and oxygen atoms in total. The first kappa shape index (κ1) is 22.8. The minimum Gasteiger partial charge on any atom is -0.394 e. The smallest absolute Gasteiger partial charge is 0.394 e. The normalized spacial score (nSPS) is 18.2. The molecule has 1 atom stereocenters. The van der Waals surface area contributed by atoms with Crippen molar-refractivity contribution in [3.63, 3.8) is 0 Å². The zero-order valence-corrected chi connectivity index (χ0v) is 19.4. The number of benzene rings is 3. The van der Waals surface area contributed by atoms with E-state index in [9.17, 15) is 14.4 Å². The number of nitrogens with one attached hydrogen (secondary N) is 1. The summed E-state index contributed by atoms with van der Waals surface area (Å²) in [5.41, 5.74) is 4.75. The van der Waals surface area contributed by atoms with Crippen molar-refractivity contribution >= 4 is 23.5 Å². The fourth-order valence-corrected chi connectivity index (χ4v) is 4.89. The molecule has 2 heterocycles. The number of fused-ring (bicyclic) bond motifs is 1. The first-order valence-corrected chi connectivity index (χ1v) is 11.7. The molecule has 178 valence electrons. The molecule has 0 saturated carbocycles. The number of ether oxygens (including phenoxy) is 2. The van der Waals surface area contributed by atoms with Crippen LogP contribution in [-0.2, 0) is 36.7 Å². The second-order valence-corrected chi connectivity index (χ2v) is 8.79. The molecule has 1 fully saturated rings. The summed E-state index contributed by atoms with van der Waals surface area (Å²) in [4.78, 5) is 39.3. The van der Waals surface area contributed by atoms with Gasteiger partial charge in [0.2, 0.25) is 5.91 Å². The molecular formula is C28H26N2O5. The fourth-order valence-electron chi connectivity index (χ4n) is 4.89. The highest BCUT2D eigenvalue weighted by Gasteiger charge is 2.62. The van der Waals surface area contributed by atoms with Gasteiger partial charge in [-0.05, 0) is 48.2 Å². The van der Waals surface area contributed by atoms with Gasteiger partial charge in [0.1, 0.15) is 0 Å². The van der Waals surface area contributed by atoms with Gasteiger partial charge >= 0.3 is 17.8 Å². The van der Waals surface area contributed by atoms with Crippen molar-refractivity contribution in [3.05, 3.63) is 90.0 Å². The van der Waals surface area contributed by atoms with Crippen LogP contribution in [0.5, 0.6) is 0 Å². The lowest BCUT2D eigenvalue weighted by molar-refractivity contribution is -0.204. The summed E-state index contributed by atoms with van der Waals surface area (Å²) in [5.74, 6) is -4.70. The highest BCUT2D eigenvalue weighted by molar-refractivity contribution is 6.31. The lowest BCUT2D eigenvalue weighted by atomic mass is 9.87. The van der Waals surface area contributed by atoms with Gasteiger partial charge in [0.15, 0.2) is 0 Å². The van der Waals surface area contributed by atoms with Crippen LogP contribution < -0.4 is 10.2 Å². The molecule has 1 N–H and O–H groups in total. The van der Waals surface area contributed by atoms with E-state index in [0.29, 0.717) is 25.1 Å². The van der Waals surface area contributed by atoms with Crippen LogP contribution in [-0.4, -0.2) is 37.3 Å². The molecule has 1 saturated heterocycles. The maximum absolute atomic E-state index is 13.7. The maximum Gasteiger partial charge on any atom is 0.422 e. The van der Waals surface area contributed by atoms with Crippen molar-refractivity contribution in [2.24, 2.45) is 5.92 Å². The number of rotatable bonds is 6. The zero-order valence-electron chi connectivity index (χ0n) is 19.4. The van der Waals surface area contributed by atoms with Gasteiger partial charge in [0, 0.05) is 13.0 Å². The van der Waals surface area contributed by atoms with Gasteiger partial charge in [-0.25, -0.2) is 14.5 Å². The molecule has 0 radical (unpaired) electrons. The van der Waals surface area contributed by atoms with E-state index >= 15 is 0 Å². The number of carbonyl (C=O) groups is 3. The van der Waals surface area contributed by atoms with E-state index in [1.165, 1.54) is 4.90 Å². The minimum atomic E-state index is -1.79. The van der Waals surface area contributed by atoms with Crippen molar-refractivity contribution in [1.29, 1.82) is 0 Å². The molecule has 0 aliphatic carbocycles. The van der Waals surface area contributed by atoms with E-state index in [0.717, 1.165) is 22.3 Å². The SMILES string of the molecule is CNCC1Cc2ccccc2N(C(=O)CCc2ccc(-c3ccccc3)cc2)C12OC(=O)C(=O)O2. The number of nitrogens with zero attached hydrogens (tertiary/aromatic N) is 1. The molecule has 2 aliphatic heterocycles. The van der Waals surface area contributed by atoms with E-state index in [2.05, 4.69) is 17.4 Å². The summed E-state index contributed by atoms with van der Waals surface area (Å²) < 4.78 is 11.1. The summed E-state index contributed by atoms with van der Waals surface area (Å²) in [5, 5.41) is 3.06. The summed E-state index contributed by atoms with van der Waals surface area (Å²) >= 11 is 0. The van der Waals surface area contributed by atoms with Crippen LogP contribution in [0.15, 0.2) is 78.9 Å². The van der Waals surface area contributed by atoms with Crippen LogP contribution in [0.2, 0.25) is 0 Å². The second-order valence-electron chi connectivity index (χ2n) is 8.79. The van der Waals surface area contributed by atoms with Crippen LogP contribution in [0.1, 0.15) is 17.5 Å². The Hall–Kier alpha value is -3.97. The molecule has 1 unspecified atom stereocenters. The molecule has 1 spiro atoms. The van der Waals surface area contributed by atoms with Crippen LogP contribution >= 0.6 is 0 Å². The van der Waals surface area contributed by atoms with Gasteiger partial charge in [-0.1, -0.05) is 72.8 Å². The Balaban J connectivity index is 1.41. The van der Waals surface area contributed by atoms with Crippen LogP contribution in [0, 0.1) is 5.92 Å². The van der Waals surface area contributed by atoms with Gasteiger partial charge in [-0.3, -0.25) is 4.79 Å². The highest BCUT2D eigenvalue weighted by Crippen LogP contribution is 2.45. The van der Waals surface area contributed by atoms with Crippen LogP contribution in [0.25, 0.3) is 11.1 Å². The third-order valence-corrected chi connectivity index (χ3v) is 6.56. The number of anilines is 1. The number of hydrogen-bond acceptors (Lipinski definition) is 6. The zero-order chi connectivity index (χ0) is 24.4. The molecule has 7 heteroatoms. The van der Waals surface area contributed by atoms with Crippen molar-refractivity contribution in [3.8, 4) is 11.1 Å². The van der Waals surface area contributed by atoms with E-state index < -0.39 is 23.8 Å². The van der Waals surface area contributed by atoms with Gasteiger partial charge < -0.3 is 14.8 Å². The minimum absolute atomic E-state index is 0.155. The summed E-state index contributed by atoms with van der Waals surface area (Å²) in [6.07, 6.45) is 1.13. The lowest BCUT2D eigenvalue weighted by Crippen LogP contribution is -2.63. The summed E-state index contributed by atoms with van der Waals surface area (Å²) in [6, 6.07) is 25.6. The van der Waals surface area contributed by atoms with E-state index in [1.54, 1.807) is 13.1 Å². The molecule has 3 aromatic rings. The third kappa shape index (κ3) is 4.19. The number of carbonyl (C=O) groups excluding carboxylic acids is 3. The largest absolute Gasteiger partial charge is 0.422 e. The average molecular weight is 471 g/mol. The molecular weight excluding hydrogens is 444 g/mol. The van der Waals surface area contributed by atoms with E-state index in [-0.39, 0.29) is 12.3 Å². The molecule has 0 bridgehead atoms. The highest BCUT2D eigenvalue weighted by atomic mass is 16.8. The molecule has 3 aromatic carbocycles. The van der Waals surface area contributed by atoms with Crippen molar-refractivity contribution in [2.45, 2.75) is 25.2 Å². The Morgan fingerprint density at radius 1 is 0.914 bits per heavy atom. The van der Waals surface area contributed by atoms with Gasteiger partial charge in [0.25, 0.3) is 0 Å². The Labute approximate surface area is 203 Å². The van der Waals surface area contributed by atoms with Gasteiger partial charge in [-0.15, -0.1) is 0 Å². The second kappa shape index (κ2) is 9.35. The third-order valence-electron chi connectivity index (χ3n) is 6.56. The lowest BCUT2D eigenvalue weighted by Gasteiger charge is -2.46. The Morgan fingerprint density at radius 2 is 1.54 bits per heavy atom. The number of amides is 1. The average Bonchev–Trinajstić information content (AvgIpc) is 3.18. The predicted molar refractivity (Wildman–Crippen MR) is 130 cm³/mol. The van der Waals surface area contributed by atoms with E-state index in [4.69, 9.17) is 9.47 Å². The van der Waals surface area contributed by atoms with E-state index in [1.807, 2.05) is 60.7 Å². The first-order valence-electron chi connectivity index (χ1n) is 11.7. The summed E-state index contributed by atoms with van der Waals surface area (Å²) in [7, 11) is 1.76. The molecule has 2 aliphatic rings. The number of aryl methyl sites for hydroxylation is 1. The van der Waals surface area contributed by atoms with Crippen molar-refractivity contribution < 1.29 is 23.9 Å². The monoisotopic (exact) mass is 470 g/mol. The molecule has 0 aromatic heterocycles. The van der Waals surface area contributed by atoms with Crippen LogP contribution in [0.3, 0.4) is 0 Å². The molecule has 5 rings (SSSR count). The standard InChI is InChI=1S/C28H26N2O5/c1-29-18-23-17-22-9-5-6-10-24(22)30(28(23)34-26(32)27(33)35-28)25(31)16-13-19-11-14-21(15-12-19)20-7-3-2-4-8-20/h2-12,14-15,23,29H,13,16-18H2,1H3. The Kier molecular flexibility index (Phi) is 6.09. The maximum atomic E-state index is 13.7. The number of hydrogen-bond donors (Lipinski definition) is 1. The topological polar surface area (TPSA) is 84.9 Å². The predicted octanol–water partition coefficient (Wildman–Crippen LogP) is 3.46. The molecule has 35 heavy (non-hydrogen) atoms. The Bertz CT molecular complexity index is 1240.